The van der Waals surface area contributed by atoms with Gasteiger partial charge in [-0.3, -0.25) is 9.78 Å². The summed E-state index contributed by atoms with van der Waals surface area (Å²) in [5.74, 6) is 2.45. The Bertz CT molecular complexity index is 938. The molecule has 1 aliphatic carbocycles. The van der Waals surface area contributed by atoms with Crippen LogP contribution >= 0.6 is 0 Å². The van der Waals surface area contributed by atoms with Gasteiger partial charge in [0.15, 0.2) is 5.82 Å². The van der Waals surface area contributed by atoms with E-state index in [-0.39, 0.29) is 5.91 Å². The van der Waals surface area contributed by atoms with Crippen LogP contribution in [0.4, 0.5) is 0 Å². The van der Waals surface area contributed by atoms with E-state index in [0.29, 0.717) is 24.2 Å². The summed E-state index contributed by atoms with van der Waals surface area (Å²) in [5.41, 5.74) is 0.518. The maximum atomic E-state index is 12.6. The third-order valence-electron chi connectivity index (χ3n) is 5.62. The van der Waals surface area contributed by atoms with Crippen molar-refractivity contribution in [3.63, 3.8) is 0 Å². The third-order valence-corrected chi connectivity index (χ3v) is 5.62. The number of aromatic nitrogens is 6. The quantitative estimate of drug-likeness (QED) is 0.681. The summed E-state index contributed by atoms with van der Waals surface area (Å²) in [6.07, 6.45) is 11.4. The van der Waals surface area contributed by atoms with Gasteiger partial charge in [-0.25, -0.2) is 4.98 Å². The minimum Gasteiger partial charge on any atom is -0.337 e. The molecule has 8 heteroatoms. The van der Waals surface area contributed by atoms with Crippen LogP contribution in [0.25, 0.3) is 0 Å². The average Bonchev–Trinajstić information content (AvgIpc) is 3.29. The zero-order valence-electron chi connectivity index (χ0n) is 15.7. The van der Waals surface area contributed by atoms with Crippen molar-refractivity contribution in [2.24, 2.45) is 0 Å². The van der Waals surface area contributed by atoms with Crippen LogP contribution in [0.3, 0.4) is 0 Å². The average molecular weight is 377 g/mol. The van der Waals surface area contributed by atoms with Gasteiger partial charge in [-0.1, -0.05) is 6.07 Å². The highest BCUT2D eigenvalue weighted by atomic mass is 16.2. The van der Waals surface area contributed by atoms with Crippen LogP contribution in [-0.4, -0.2) is 53.2 Å². The molecule has 1 saturated carbocycles. The number of hydrogen-bond donors (Lipinski definition) is 0. The van der Waals surface area contributed by atoms with E-state index in [0.717, 1.165) is 37.6 Å². The molecule has 1 aliphatic heterocycles. The highest BCUT2D eigenvalue weighted by Gasteiger charge is 2.34. The zero-order chi connectivity index (χ0) is 18.9. The van der Waals surface area contributed by atoms with E-state index >= 15 is 0 Å². The molecular formula is C20H23N7O. The fourth-order valence-corrected chi connectivity index (χ4v) is 3.99. The van der Waals surface area contributed by atoms with E-state index in [1.807, 2.05) is 34.1 Å². The number of imidazole rings is 1. The normalized spacial score (nSPS) is 17.8. The molecule has 8 nitrogen and oxygen atoms in total. The maximum absolute atomic E-state index is 12.6. The minimum absolute atomic E-state index is 0.0171. The monoisotopic (exact) mass is 377 g/mol. The van der Waals surface area contributed by atoms with Crippen molar-refractivity contribution >= 4 is 5.91 Å². The highest BCUT2D eigenvalue weighted by Crippen LogP contribution is 2.40. The Morgan fingerprint density at radius 2 is 1.93 bits per heavy atom. The maximum Gasteiger partial charge on any atom is 0.272 e. The van der Waals surface area contributed by atoms with Crippen molar-refractivity contribution in [3.8, 4) is 0 Å². The molecule has 1 saturated heterocycles. The Hall–Kier alpha value is -3.03. The summed E-state index contributed by atoms with van der Waals surface area (Å²) < 4.78 is 4.38. The van der Waals surface area contributed by atoms with Crippen LogP contribution in [0, 0.1) is 0 Å². The first-order chi connectivity index (χ1) is 13.8. The second kappa shape index (κ2) is 7.18. The molecule has 0 atom stereocenters. The number of likely N-dealkylation sites (tertiary alicyclic amines) is 1. The van der Waals surface area contributed by atoms with Gasteiger partial charge < -0.3 is 14.0 Å². The fourth-order valence-electron chi connectivity index (χ4n) is 3.99. The van der Waals surface area contributed by atoms with E-state index in [9.17, 15) is 4.79 Å². The van der Waals surface area contributed by atoms with Crippen LogP contribution < -0.4 is 0 Å². The Morgan fingerprint density at radius 1 is 1.07 bits per heavy atom. The van der Waals surface area contributed by atoms with Crippen molar-refractivity contribution in [3.05, 3.63) is 60.5 Å². The number of nitrogens with zero attached hydrogens (tertiary/aromatic N) is 7. The first kappa shape index (κ1) is 17.1. The minimum atomic E-state index is 0.0171. The predicted octanol–water partition coefficient (Wildman–Crippen LogP) is 2.27. The van der Waals surface area contributed by atoms with Gasteiger partial charge >= 0.3 is 0 Å². The molecule has 0 radical (unpaired) electrons. The zero-order valence-corrected chi connectivity index (χ0v) is 15.7. The van der Waals surface area contributed by atoms with E-state index in [2.05, 4.69) is 24.7 Å². The van der Waals surface area contributed by atoms with Crippen molar-refractivity contribution in [1.82, 2.24) is 34.2 Å². The SMILES string of the molecule is O=C(c1ccccn1)N1CCC(c2nnc(Cn3ccnc3)n2C2CC2)CC1. The molecule has 5 rings (SSSR count). The number of pyridine rings is 1. The second-order valence-corrected chi connectivity index (χ2v) is 7.59. The Balaban J connectivity index is 1.30. The number of rotatable bonds is 5. The van der Waals surface area contributed by atoms with Gasteiger partial charge in [-0.15, -0.1) is 10.2 Å². The van der Waals surface area contributed by atoms with Crippen LogP contribution in [0.15, 0.2) is 43.1 Å². The lowest BCUT2D eigenvalue weighted by molar-refractivity contribution is 0.0704. The van der Waals surface area contributed by atoms with Crippen molar-refractivity contribution < 1.29 is 4.79 Å². The lowest BCUT2D eigenvalue weighted by Gasteiger charge is -2.31. The number of amides is 1. The molecular weight excluding hydrogens is 354 g/mol. The van der Waals surface area contributed by atoms with Crippen LogP contribution in [0.1, 0.15) is 59.8 Å². The van der Waals surface area contributed by atoms with E-state index < -0.39 is 0 Å². The largest absolute Gasteiger partial charge is 0.337 e. The lowest BCUT2D eigenvalue weighted by atomic mass is 9.95. The van der Waals surface area contributed by atoms with Crippen molar-refractivity contribution in [2.75, 3.05) is 13.1 Å². The van der Waals surface area contributed by atoms with Gasteiger partial charge in [0.25, 0.3) is 5.91 Å². The third kappa shape index (κ3) is 3.30. The molecule has 1 amide bonds. The Labute approximate surface area is 163 Å². The topological polar surface area (TPSA) is 81.7 Å². The summed E-state index contributed by atoms with van der Waals surface area (Å²) in [7, 11) is 0. The molecule has 144 valence electrons. The molecule has 3 aromatic rings. The molecule has 0 aromatic carbocycles. The summed E-state index contributed by atoms with van der Waals surface area (Å²) in [6, 6.07) is 5.99. The number of hydrogen-bond acceptors (Lipinski definition) is 5. The predicted molar refractivity (Wildman–Crippen MR) is 102 cm³/mol. The summed E-state index contributed by atoms with van der Waals surface area (Å²) >= 11 is 0. The van der Waals surface area contributed by atoms with Crippen molar-refractivity contribution in [1.29, 1.82) is 0 Å². The van der Waals surface area contributed by atoms with Gasteiger partial charge in [-0.2, -0.15) is 0 Å². The molecule has 0 spiro atoms. The summed E-state index contributed by atoms with van der Waals surface area (Å²) in [4.78, 5) is 22.8. The number of piperidine rings is 1. The molecule has 0 unspecified atom stereocenters. The van der Waals surface area contributed by atoms with Gasteiger partial charge in [-0.05, 0) is 37.8 Å². The lowest BCUT2D eigenvalue weighted by Crippen LogP contribution is -2.38. The Kier molecular flexibility index (Phi) is 4.38. The van der Waals surface area contributed by atoms with Gasteiger partial charge in [0, 0.05) is 43.6 Å². The standard InChI is InChI=1S/C20H23N7O/c28-20(17-3-1-2-8-22-17)26-10-6-15(7-11-26)19-24-23-18(27(19)16-4-5-16)13-25-12-9-21-14-25/h1-3,8-9,12,14-16H,4-7,10-11,13H2. The molecule has 0 N–H and O–H groups in total. The van der Waals surface area contributed by atoms with Gasteiger partial charge in [0.05, 0.1) is 12.9 Å². The number of carbonyl (C=O) groups is 1. The van der Waals surface area contributed by atoms with E-state index in [4.69, 9.17) is 0 Å². The first-order valence-electron chi connectivity index (χ1n) is 9.89. The molecule has 4 heterocycles. The number of carbonyl (C=O) groups excluding carboxylic acids is 1. The molecule has 2 aliphatic rings. The van der Waals surface area contributed by atoms with Crippen LogP contribution in [0.2, 0.25) is 0 Å². The smallest absolute Gasteiger partial charge is 0.272 e. The van der Waals surface area contributed by atoms with E-state index in [1.165, 1.54) is 12.8 Å². The van der Waals surface area contributed by atoms with E-state index in [1.54, 1.807) is 18.5 Å². The molecule has 3 aromatic heterocycles. The van der Waals surface area contributed by atoms with Crippen molar-refractivity contribution in [2.45, 2.75) is 44.2 Å². The Morgan fingerprint density at radius 3 is 2.61 bits per heavy atom. The highest BCUT2D eigenvalue weighted by molar-refractivity contribution is 5.92. The van der Waals surface area contributed by atoms with Gasteiger partial charge in [0.2, 0.25) is 0 Å². The second-order valence-electron chi connectivity index (χ2n) is 7.59. The summed E-state index contributed by atoms with van der Waals surface area (Å²) in [6.45, 7) is 2.16. The molecule has 0 bridgehead atoms. The van der Waals surface area contributed by atoms with Crippen LogP contribution in [-0.2, 0) is 6.54 Å². The molecule has 28 heavy (non-hydrogen) atoms. The molecule has 2 fully saturated rings. The van der Waals surface area contributed by atoms with Crippen LogP contribution in [0.5, 0.6) is 0 Å². The summed E-state index contributed by atoms with van der Waals surface area (Å²) in [5, 5.41) is 9.08. The fraction of sp³-hybridized carbons (Fsp3) is 0.450. The van der Waals surface area contributed by atoms with Gasteiger partial charge in [0.1, 0.15) is 11.5 Å². The first-order valence-corrected chi connectivity index (χ1v) is 9.89.